The zero-order valence-corrected chi connectivity index (χ0v) is 68.2. The minimum atomic E-state index is -4.96. The van der Waals surface area contributed by atoms with E-state index < -0.39 is 97.5 Å². The summed E-state index contributed by atoms with van der Waals surface area (Å²) < 4.78 is 68.8. The monoisotopic (exact) mass is 1480 g/mol. The standard InChI is InChI=1S/C82H160O17P2/c1-8-11-12-13-14-15-16-17-24-30-35-44-51-58-65-81(86)99-78(70-93-80(85)64-57-50-43-38-37-41-48-55-62-75(7)10-3)72-97-101(90,91)95-68-76(83)67-94-100(88,89)96-71-77(69-92-79(84)63-56-49-42-34-29-25-20-18-22-27-32-39-46-53-60-73(4)5)98-82(87)66-59-52-45-36-31-26-21-19-23-28-33-40-47-54-61-74(6)9-2/h73-78,83H,8-72H2,1-7H3,(H,88,89)(H,90,91)/t74?,75?,76-,77-,78-/m1/s1. The van der Waals surface area contributed by atoms with Gasteiger partial charge in [-0.3, -0.25) is 37.3 Å². The highest BCUT2D eigenvalue weighted by molar-refractivity contribution is 7.47. The van der Waals surface area contributed by atoms with Crippen LogP contribution in [0.4, 0.5) is 0 Å². The highest BCUT2D eigenvalue weighted by Crippen LogP contribution is 2.45. The number of rotatable bonds is 80. The van der Waals surface area contributed by atoms with Crippen LogP contribution in [0.2, 0.25) is 0 Å². The van der Waals surface area contributed by atoms with Crippen LogP contribution in [0.15, 0.2) is 0 Å². The minimum absolute atomic E-state index is 0.107. The lowest BCUT2D eigenvalue weighted by molar-refractivity contribution is -0.161. The summed E-state index contributed by atoms with van der Waals surface area (Å²) in [6.45, 7) is 12.0. The molecule has 0 aromatic carbocycles. The number of ether oxygens (including phenoxy) is 4. The molecule has 19 heteroatoms. The topological polar surface area (TPSA) is 237 Å². The molecule has 0 spiro atoms. The first-order valence-electron chi connectivity index (χ1n) is 42.4. The Balaban J connectivity index is 5.27. The van der Waals surface area contributed by atoms with Crippen molar-refractivity contribution in [1.82, 2.24) is 0 Å². The predicted molar refractivity (Wildman–Crippen MR) is 414 cm³/mol. The number of esters is 4. The van der Waals surface area contributed by atoms with Gasteiger partial charge in [-0.25, -0.2) is 9.13 Å². The molecule has 600 valence electrons. The lowest BCUT2D eigenvalue weighted by atomic mass is 9.99. The number of phosphoric acid groups is 2. The molecular formula is C82H160O17P2. The summed E-state index contributed by atoms with van der Waals surface area (Å²) in [5.74, 6) is 0.315. The first kappa shape index (κ1) is 99.1. The number of carbonyl (C=O) groups excluding carboxylic acids is 4. The van der Waals surface area contributed by atoms with E-state index in [4.69, 9.17) is 37.0 Å². The second-order valence-corrected chi connectivity index (χ2v) is 33.4. The van der Waals surface area contributed by atoms with E-state index in [2.05, 4.69) is 48.5 Å². The molecule has 0 amide bonds. The molecule has 0 bridgehead atoms. The smallest absolute Gasteiger partial charge is 0.462 e. The van der Waals surface area contributed by atoms with E-state index in [1.54, 1.807) is 0 Å². The highest BCUT2D eigenvalue weighted by atomic mass is 31.2. The van der Waals surface area contributed by atoms with Gasteiger partial charge in [0.25, 0.3) is 0 Å². The number of hydrogen-bond acceptors (Lipinski definition) is 15. The number of hydrogen-bond donors (Lipinski definition) is 3. The largest absolute Gasteiger partial charge is 0.472 e. The van der Waals surface area contributed by atoms with Crippen molar-refractivity contribution in [3.05, 3.63) is 0 Å². The normalized spacial score (nSPS) is 14.5. The highest BCUT2D eigenvalue weighted by Gasteiger charge is 2.30. The minimum Gasteiger partial charge on any atom is -0.462 e. The first-order chi connectivity index (χ1) is 48.8. The molecule has 0 aliphatic rings. The van der Waals surface area contributed by atoms with Crippen molar-refractivity contribution >= 4 is 39.5 Å². The van der Waals surface area contributed by atoms with Gasteiger partial charge < -0.3 is 33.8 Å². The van der Waals surface area contributed by atoms with Crippen LogP contribution in [0.25, 0.3) is 0 Å². The van der Waals surface area contributed by atoms with Crippen molar-refractivity contribution in [3.8, 4) is 0 Å². The zero-order valence-electron chi connectivity index (χ0n) is 66.4. The lowest BCUT2D eigenvalue weighted by Crippen LogP contribution is -2.30. The maximum atomic E-state index is 13.1. The quantitative estimate of drug-likeness (QED) is 0.0222. The fourth-order valence-corrected chi connectivity index (χ4v) is 14.2. The summed E-state index contributed by atoms with van der Waals surface area (Å²) in [5, 5.41) is 10.7. The van der Waals surface area contributed by atoms with E-state index >= 15 is 0 Å². The fraction of sp³-hybridized carbons (Fsp3) is 0.951. The molecule has 0 aliphatic carbocycles. The summed E-state index contributed by atoms with van der Waals surface area (Å²) in [5.41, 5.74) is 0. The lowest BCUT2D eigenvalue weighted by Gasteiger charge is -2.21. The molecular weight excluding hydrogens is 1320 g/mol. The molecule has 0 rings (SSSR count). The van der Waals surface area contributed by atoms with Crippen LogP contribution in [0.5, 0.6) is 0 Å². The SMILES string of the molecule is CCCCCCCCCCCCCCCCC(=O)O[C@H](COC(=O)CCCCCCCCCCC(C)CC)COP(=O)(O)OC[C@H](O)COP(=O)(O)OC[C@@H](COC(=O)CCCCCCCCCCCCCCCCC(C)C)OC(=O)CCCCCCCCCCCCCCCCC(C)CC. The Hall–Kier alpha value is -1.94. The Morgan fingerprint density at radius 3 is 0.752 bits per heavy atom. The molecule has 4 unspecified atom stereocenters. The van der Waals surface area contributed by atoms with Gasteiger partial charge >= 0.3 is 39.5 Å². The zero-order chi connectivity index (χ0) is 74.4. The Kier molecular flexibility index (Phi) is 70.9. The van der Waals surface area contributed by atoms with E-state index in [-0.39, 0.29) is 25.7 Å². The Morgan fingerprint density at radius 1 is 0.287 bits per heavy atom. The molecule has 101 heavy (non-hydrogen) atoms. The molecule has 17 nitrogen and oxygen atoms in total. The number of aliphatic hydroxyl groups is 1. The first-order valence-corrected chi connectivity index (χ1v) is 45.4. The van der Waals surface area contributed by atoms with Crippen molar-refractivity contribution in [3.63, 3.8) is 0 Å². The van der Waals surface area contributed by atoms with Crippen LogP contribution in [-0.4, -0.2) is 96.7 Å². The van der Waals surface area contributed by atoms with Crippen molar-refractivity contribution in [1.29, 1.82) is 0 Å². The third-order valence-electron chi connectivity index (χ3n) is 19.9. The van der Waals surface area contributed by atoms with Gasteiger partial charge in [-0.15, -0.1) is 0 Å². The van der Waals surface area contributed by atoms with Crippen LogP contribution in [-0.2, 0) is 65.4 Å². The van der Waals surface area contributed by atoms with Crippen molar-refractivity contribution < 1.29 is 80.2 Å². The van der Waals surface area contributed by atoms with E-state index in [9.17, 15) is 43.2 Å². The summed E-state index contributed by atoms with van der Waals surface area (Å²) in [6.07, 6.45) is 60.8. The van der Waals surface area contributed by atoms with Crippen LogP contribution < -0.4 is 0 Å². The summed E-state index contributed by atoms with van der Waals surface area (Å²) in [6, 6.07) is 0. The van der Waals surface area contributed by atoms with E-state index in [0.717, 1.165) is 108 Å². The van der Waals surface area contributed by atoms with Gasteiger partial charge in [0.15, 0.2) is 12.2 Å². The van der Waals surface area contributed by atoms with Crippen LogP contribution >= 0.6 is 15.6 Å². The molecule has 3 N–H and O–H groups in total. The second-order valence-electron chi connectivity index (χ2n) is 30.5. The molecule has 0 fully saturated rings. The van der Waals surface area contributed by atoms with Crippen molar-refractivity contribution in [2.24, 2.45) is 17.8 Å². The van der Waals surface area contributed by atoms with E-state index in [1.165, 1.54) is 238 Å². The van der Waals surface area contributed by atoms with Crippen molar-refractivity contribution in [2.45, 2.75) is 446 Å². The second kappa shape index (κ2) is 72.3. The average Bonchev–Trinajstić information content (AvgIpc) is 1.13. The third-order valence-corrected chi connectivity index (χ3v) is 21.8. The van der Waals surface area contributed by atoms with Crippen molar-refractivity contribution in [2.75, 3.05) is 39.6 Å². The molecule has 0 radical (unpaired) electrons. The Morgan fingerprint density at radius 2 is 0.505 bits per heavy atom. The molecule has 0 saturated carbocycles. The van der Waals surface area contributed by atoms with Gasteiger partial charge in [0.2, 0.25) is 0 Å². The van der Waals surface area contributed by atoms with Crippen LogP contribution in [0.1, 0.15) is 427 Å². The van der Waals surface area contributed by atoms with Gasteiger partial charge in [-0.05, 0) is 43.4 Å². The molecule has 0 aliphatic heterocycles. The van der Waals surface area contributed by atoms with Gasteiger partial charge in [-0.2, -0.15) is 0 Å². The number of unbranched alkanes of at least 4 members (excludes halogenated alkanes) is 46. The van der Waals surface area contributed by atoms with Gasteiger partial charge in [-0.1, -0.05) is 376 Å². The molecule has 7 atom stereocenters. The summed E-state index contributed by atoms with van der Waals surface area (Å²) in [7, 11) is -9.92. The maximum absolute atomic E-state index is 13.1. The van der Waals surface area contributed by atoms with Gasteiger partial charge in [0.05, 0.1) is 26.4 Å². The van der Waals surface area contributed by atoms with E-state index in [0.29, 0.717) is 25.7 Å². The molecule has 0 aromatic rings. The number of aliphatic hydroxyl groups excluding tert-OH is 1. The Labute approximate surface area is 619 Å². The summed E-state index contributed by atoms with van der Waals surface area (Å²) >= 11 is 0. The average molecular weight is 1480 g/mol. The third kappa shape index (κ3) is 73.4. The van der Waals surface area contributed by atoms with E-state index in [1.807, 2.05) is 0 Å². The molecule has 0 aromatic heterocycles. The number of phosphoric ester groups is 2. The molecule has 0 saturated heterocycles. The summed E-state index contributed by atoms with van der Waals surface area (Å²) in [4.78, 5) is 73.1. The Bertz CT molecular complexity index is 1960. The van der Waals surface area contributed by atoms with Gasteiger partial charge in [0.1, 0.15) is 19.3 Å². The molecule has 0 heterocycles. The maximum Gasteiger partial charge on any atom is 0.472 e. The number of carbonyl (C=O) groups is 4. The predicted octanol–water partition coefficient (Wildman–Crippen LogP) is 24.5. The van der Waals surface area contributed by atoms with Crippen LogP contribution in [0, 0.1) is 17.8 Å². The van der Waals surface area contributed by atoms with Gasteiger partial charge in [0, 0.05) is 25.7 Å². The fourth-order valence-electron chi connectivity index (χ4n) is 12.6. The van der Waals surface area contributed by atoms with Crippen LogP contribution in [0.3, 0.4) is 0 Å².